The quantitative estimate of drug-likeness (QED) is 0.563. The highest BCUT2D eigenvalue weighted by Gasteiger charge is 2.21. The van der Waals surface area contributed by atoms with Gasteiger partial charge in [0.15, 0.2) is 11.5 Å². The van der Waals surface area contributed by atoms with Crippen molar-refractivity contribution in [2.45, 2.75) is 33.6 Å². The molecule has 26 heavy (non-hydrogen) atoms. The molecule has 0 aliphatic rings. The number of aromatic nitrogens is 4. The molecule has 0 unspecified atom stereocenters. The van der Waals surface area contributed by atoms with Crippen LogP contribution in [0, 0.1) is 6.92 Å². The van der Waals surface area contributed by atoms with E-state index in [4.69, 9.17) is 4.42 Å². The minimum absolute atomic E-state index is 0.0400. The molecule has 0 aromatic carbocycles. The topological polar surface area (TPSA) is 117 Å². The first-order chi connectivity index (χ1) is 12.5. The Morgan fingerprint density at radius 2 is 2.15 bits per heavy atom. The first-order valence-electron chi connectivity index (χ1n) is 8.47. The number of aryl methyl sites for hydroxylation is 1. The summed E-state index contributed by atoms with van der Waals surface area (Å²) >= 11 is 0. The van der Waals surface area contributed by atoms with Gasteiger partial charge in [0.05, 0.1) is 6.26 Å². The summed E-state index contributed by atoms with van der Waals surface area (Å²) in [7, 11) is 0. The second-order valence-electron chi connectivity index (χ2n) is 5.98. The van der Waals surface area contributed by atoms with Gasteiger partial charge in [0.2, 0.25) is 5.82 Å². The van der Waals surface area contributed by atoms with Crippen LogP contribution in [-0.4, -0.2) is 38.4 Å². The Balaban J connectivity index is 1.63. The van der Waals surface area contributed by atoms with E-state index >= 15 is 0 Å². The van der Waals surface area contributed by atoms with Gasteiger partial charge in [-0.05, 0) is 38.0 Å². The van der Waals surface area contributed by atoms with Gasteiger partial charge in [-0.2, -0.15) is 5.10 Å². The highest BCUT2D eigenvalue weighted by atomic mass is 16.3. The number of carbonyl (C=O) groups excluding carboxylic acids is 2. The number of hydrogen-bond acceptors (Lipinski definition) is 5. The van der Waals surface area contributed by atoms with E-state index in [9.17, 15) is 9.59 Å². The zero-order valence-corrected chi connectivity index (χ0v) is 15.0. The standard InChI is InChI=1S/C18H21N5O3/c1-4-12-15(11(3)24)10(2)20-16(12)18(25)19-8-7-14-21-17(23-22-14)13-6-5-9-26-13/h5-6,9,20H,4,7-8H2,1-3H3,(H,19,25)(H,21,22,23). The van der Waals surface area contributed by atoms with E-state index in [0.717, 1.165) is 11.3 Å². The lowest BCUT2D eigenvalue weighted by atomic mass is 10.0. The molecule has 0 saturated carbocycles. The maximum absolute atomic E-state index is 12.5. The van der Waals surface area contributed by atoms with Crippen LogP contribution in [0.2, 0.25) is 0 Å². The van der Waals surface area contributed by atoms with Gasteiger partial charge in [0.25, 0.3) is 5.91 Å². The van der Waals surface area contributed by atoms with Gasteiger partial charge in [0.1, 0.15) is 11.5 Å². The van der Waals surface area contributed by atoms with Gasteiger partial charge >= 0.3 is 0 Å². The van der Waals surface area contributed by atoms with Crippen LogP contribution in [0.1, 0.15) is 51.8 Å². The van der Waals surface area contributed by atoms with Crippen molar-refractivity contribution >= 4 is 11.7 Å². The minimum atomic E-state index is -0.233. The van der Waals surface area contributed by atoms with Crippen LogP contribution in [0.4, 0.5) is 0 Å². The number of furan rings is 1. The Kier molecular flexibility index (Phi) is 5.01. The van der Waals surface area contributed by atoms with Crippen LogP contribution in [0.3, 0.4) is 0 Å². The van der Waals surface area contributed by atoms with Gasteiger partial charge in [-0.3, -0.25) is 14.7 Å². The lowest BCUT2D eigenvalue weighted by Crippen LogP contribution is -2.27. The molecule has 0 spiro atoms. The molecule has 8 nitrogen and oxygen atoms in total. The zero-order chi connectivity index (χ0) is 18.7. The summed E-state index contributed by atoms with van der Waals surface area (Å²) in [5.74, 6) is 1.45. The van der Waals surface area contributed by atoms with Gasteiger partial charge < -0.3 is 14.7 Å². The highest BCUT2D eigenvalue weighted by Crippen LogP contribution is 2.20. The van der Waals surface area contributed by atoms with Crippen molar-refractivity contribution in [1.29, 1.82) is 0 Å². The summed E-state index contributed by atoms with van der Waals surface area (Å²) in [6.45, 7) is 5.63. The summed E-state index contributed by atoms with van der Waals surface area (Å²) in [6, 6.07) is 3.55. The SMILES string of the molecule is CCc1c(C(=O)NCCc2nc(-c3ccco3)n[nH]2)[nH]c(C)c1C(C)=O. The van der Waals surface area contributed by atoms with E-state index in [1.807, 2.05) is 6.92 Å². The molecule has 3 heterocycles. The largest absolute Gasteiger partial charge is 0.461 e. The molecule has 1 amide bonds. The molecule has 0 fully saturated rings. The van der Waals surface area contributed by atoms with Crippen molar-refractivity contribution < 1.29 is 14.0 Å². The summed E-state index contributed by atoms with van der Waals surface area (Å²) in [5.41, 5.74) is 2.53. The van der Waals surface area contributed by atoms with Crippen LogP contribution in [0.15, 0.2) is 22.8 Å². The fourth-order valence-electron chi connectivity index (χ4n) is 3.01. The summed E-state index contributed by atoms with van der Waals surface area (Å²) in [5, 5.41) is 9.78. The third-order valence-electron chi connectivity index (χ3n) is 4.14. The predicted molar refractivity (Wildman–Crippen MR) is 95.0 cm³/mol. The monoisotopic (exact) mass is 355 g/mol. The van der Waals surface area contributed by atoms with Crippen molar-refractivity contribution in [2.24, 2.45) is 0 Å². The number of H-pyrrole nitrogens is 2. The Morgan fingerprint density at radius 3 is 2.81 bits per heavy atom. The van der Waals surface area contributed by atoms with Gasteiger partial charge in [-0.15, -0.1) is 0 Å². The maximum Gasteiger partial charge on any atom is 0.268 e. The maximum atomic E-state index is 12.5. The molecule has 3 rings (SSSR count). The van der Waals surface area contributed by atoms with Crippen LogP contribution >= 0.6 is 0 Å². The van der Waals surface area contributed by atoms with Crippen molar-refractivity contribution in [3.8, 4) is 11.6 Å². The third kappa shape index (κ3) is 3.44. The average Bonchev–Trinajstić information content (AvgIpc) is 3.33. The van der Waals surface area contributed by atoms with E-state index in [1.54, 1.807) is 25.3 Å². The Morgan fingerprint density at radius 1 is 1.35 bits per heavy atom. The number of rotatable bonds is 7. The number of carbonyl (C=O) groups is 2. The third-order valence-corrected chi connectivity index (χ3v) is 4.14. The minimum Gasteiger partial charge on any atom is -0.461 e. The molecule has 8 heteroatoms. The van der Waals surface area contributed by atoms with E-state index < -0.39 is 0 Å². The molecule has 0 atom stereocenters. The molecule has 3 aromatic rings. The molecule has 0 saturated heterocycles. The first-order valence-corrected chi connectivity index (χ1v) is 8.47. The number of nitrogens with one attached hydrogen (secondary N) is 3. The lowest BCUT2D eigenvalue weighted by molar-refractivity contribution is 0.0948. The second kappa shape index (κ2) is 7.38. The summed E-state index contributed by atoms with van der Waals surface area (Å²) in [6.07, 6.45) is 2.67. The van der Waals surface area contributed by atoms with E-state index in [1.165, 1.54) is 6.92 Å². The summed E-state index contributed by atoms with van der Waals surface area (Å²) in [4.78, 5) is 31.7. The number of aromatic amines is 2. The molecule has 0 aliphatic carbocycles. The Labute approximate surface area is 150 Å². The van der Waals surface area contributed by atoms with Crippen molar-refractivity contribution in [3.05, 3.63) is 46.7 Å². The van der Waals surface area contributed by atoms with Crippen molar-refractivity contribution in [2.75, 3.05) is 6.54 Å². The smallest absolute Gasteiger partial charge is 0.268 e. The van der Waals surface area contributed by atoms with Gasteiger partial charge in [0, 0.05) is 24.2 Å². The molecule has 3 aromatic heterocycles. The molecule has 0 aliphatic heterocycles. The molecule has 0 radical (unpaired) electrons. The van der Waals surface area contributed by atoms with Gasteiger partial charge in [-0.1, -0.05) is 6.92 Å². The molecular weight excluding hydrogens is 334 g/mol. The van der Waals surface area contributed by atoms with E-state index in [2.05, 4.69) is 25.5 Å². The van der Waals surface area contributed by atoms with Crippen LogP contribution < -0.4 is 5.32 Å². The number of Topliss-reactive ketones (excluding diaryl/α,β-unsaturated/α-hetero) is 1. The van der Waals surface area contributed by atoms with Crippen molar-refractivity contribution in [1.82, 2.24) is 25.5 Å². The normalized spacial score (nSPS) is 10.9. The summed E-state index contributed by atoms with van der Waals surface area (Å²) < 4.78 is 5.25. The fraction of sp³-hybridized carbons (Fsp3) is 0.333. The zero-order valence-electron chi connectivity index (χ0n) is 15.0. The van der Waals surface area contributed by atoms with E-state index in [-0.39, 0.29) is 11.7 Å². The fourth-order valence-corrected chi connectivity index (χ4v) is 3.01. The molecular formula is C18H21N5O3. The van der Waals surface area contributed by atoms with Crippen LogP contribution in [0.5, 0.6) is 0 Å². The van der Waals surface area contributed by atoms with Crippen LogP contribution in [0.25, 0.3) is 11.6 Å². The first kappa shape index (κ1) is 17.7. The molecule has 3 N–H and O–H groups in total. The Hall–Kier alpha value is -3.16. The second-order valence-corrected chi connectivity index (χ2v) is 5.98. The molecule has 0 bridgehead atoms. The number of nitrogens with zero attached hydrogens (tertiary/aromatic N) is 2. The van der Waals surface area contributed by atoms with Crippen LogP contribution in [-0.2, 0) is 12.8 Å². The number of ketones is 1. The van der Waals surface area contributed by atoms with Gasteiger partial charge in [-0.25, -0.2) is 4.98 Å². The number of hydrogen-bond donors (Lipinski definition) is 3. The molecule has 136 valence electrons. The average molecular weight is 355 g/mol. The van der Waals surface area contributed by atoms with E-state index in [0.29, 0.717) is 48.1 Å². The lowest BCUT2D eigenvalue weighted by Gasteiger charge is -2.05. The highest BCUT2D eigenvalue weighted by molar-refractivity contribution is 6.02. The Bertz CT molecular complexity index is 921. The van der Waals surface area contributed by atoms with Crippen molar-refractivity contribution in [3.63, 3.8) is 0 Å². The number of amides is 1. The predicted octanol–water partition coefficient (Wildman–Crippen LogP) is 2.44.